The van der Waals surface area contributed by atoms with Crippen LogP contribution in [0.15, 0.2) is 11.1 Å². The van der Waals surface area contributed by atoms with Crippen LogP contribution >= 0.6 is 11.6 Å². The molecule has 3 heteroatoms. The summed E-state index contributed by atoms with van der Waals surface area (Å²) in [5.74, 6) is 0. The number of nitrogens with zero attached hydrogens (tertiary/aromatic N) is 1. The van der Waals surface area contributed by atoms with E-state index in [1.54, 1.807) is 5.54 Å². The first-order valence-corrected chi connectivity index (χ1v) is 6.92. The average molecular weight is 245 g/mol. The van der Waals surface area contributed by atoms with E-state index in [1.165, 1.54) is 37.8 Å². The number of rotatable bonds is 6. The molecule has 1 aliphatic heterocycles. The first-order chi connectivity index (χ1) is 7.77. The van der Waals surface area contributed by atoms with Crippen LogP contribution in [0.5, 0.6) is 0 Å². The second kappa shape index (κ2) is 8.10. The Hall–Kier alpha value is -0.0500. The second-order valence-electron chi connectivity index (χ2n) is 4.78. The van der Waals surface area contributed by atoms with E-state index in [2.05, 4.69) is 24.1 Å². The van der Waals surface area contributed by atoms with Gasteiger partial charge in [-0.05, 0) is 44.8 Å². The van der Waals surface area contributed by atoms with Gasteiger partial charge in [0, 0.05) is 24.7 Å². The zero-order chi connectivity index (χ0) is 11.8. The molecule has 0 bridgehead atoms. The van der Waals surface area contributed by atoms with Gasteiger partial charge < -0.3 is 5.32 Å². The number of nitrogens with one attached hydrogen (secondary N) is 1. The van der Waals surface area contributed by atoms with E-state index < -0.39 is 0 Å². The van der Waals surface area contributed by atoms with E-state index in [0.717, 1.165) is 19.6 Å². The first kappa shape index (κ1) is 14.0. The molecule has 16 heavy (non-hydrogen) atoms. The Labute approximate surface area is 105 Å². The molecule has 0 radical (unpaired) electrons. The minimum Gasteiger partial charge on any atom is -0.315 e. The number of halogens is 1. The van der Waals surface area contributed by atoms with Gasteiger partial charge in [0.15, 0.2) is 0 Å². The average Bonchev–Trinajstić information content (AvgIpc) is 2.31. The first-order valence-electron chi connectivity index (χ1n) is 6.48. The van der Waals surface area contributed by atoms with E-state index in [4.69, 9.17) is 11.6 Å². The summed E-state index contributed by atoms with van der Waals surface area (Å²) in [6.07, 6.45) is 5.25. The van der Waals surface area contributed by atoms with Gasteiger partial charge in [-0.15, -0.1) is 0 Å². The van der Waals surface area contributed by atoms with Crippen LogP contribution in [-0.4, -0.2) is 37.1 Å². The lowest BCUT2D eigenvalue weighted by atomic mass is 10.0. The highest BCUT2D eigenvalue weighted by molar-refractivity contribution is 6.25. The van der Waals surface area contributed by atoms with E-state index in [-0.39, 0.29) is 0 Å². The van der Waals surface area contributed by atoms with Crippen LogP contribution in [0, 0.1) is 0 Å². The topological polar surface area (TPSA) is 15.3 Å². The van der Waals surface area contributed by atoms with Crippen molar-refractivity contribution in [2.45, 2.75) is 45.6 Å². The van der Waals surface area contributed by atoms with Crippen molar-refractivity contribution in [2.24, 2.45) is 0 Å². The summed E-state index contributed by atoms with van der Waals surface area (Å²) < 4.78 is 0. The van der Waals surface area contributed by atoms with Gasteiger partial charge in [0.05, 0.1) is 0 Å². The zero-order valence-corrected chi connectivity index (χ0v) is 11.4. The van der Waals surface area contributed by atoms with Gasteiger partial charge in [-0.1, -0.05) is 24.9 Å². The van der Waals surface area contributed by atoms with Crippen molar-refractivity contribution in [1.29, 1.82) is 0 Å². The molecule has 2 nitrogen and oxygen atoms in total. The molecule has 1 saturated heterocycles. The zero-order valence-electron chi connectivity index (χ0n) is 10.6. The maximum atomic E-state index is 5.74. The summed E-state index contributed by atoms with van der Waals surface area (Å²) in [5, 5.41) is 3.53. The molecule has 0 spiro atoms. The summed E-state index contributed by atoms with van der Waals surface area (Å²) in [6.45, 7) is 8.84. The van der Waals surface area contributed by atoms with Crippen LogP contribution in [0.2, 0.25) is 0 Å². The van der Waals surface area contributed by atoms with Gasteiger partial charge >= 0.3 is 0 Å². The molecule has 1 atom stereocenters. The largest absolute Gasteiger partial charge is 0.315 e. The predicted molar refractivity (Wildman–Crippen MR) is 72.0 cm³/mol. The Balaban J connectivity index is 2.37. The molecule has 1 N–H and O–H groups in total. The van der Waals surface area contributed by atoms with Gasteiger partial charge in [-0.2, -0.15) is 0 Å². The third-order valence-electron chi connectivity index (χ3n) is 3.19. The lowest BCUT2D eigenvalue weighted by Gasteiger charge is -2.36. The van der Waals surface area contributed by atoms with Crippen LogP contribution in [-0.2, 0) is 0 Å². The summed E-state index contributed by atoms with van der Waals surface area (Å²) in [6, 6.07) is 0.701. The summed E-state index contributed by atoms with van der Waals surface area (Å²) in [7, 11) is 0. The second-order valence-corrected chi connectivity index (χ2v) is 5.00. The molecule has 0 aromatic carbocycles. The quantitative estimate of drug-likeness (QED) is 0.723. The molecule has 1 heterocycles. The van der Waals surface area contributed by atoms with Crippen molar-refractivity contribution in [3.05, 3.63) is 11.1 Å². The van der Waals surface area contributed by atoms with E-state index in [1.807, 2.05) is 0 Å². The van der Waals surface area contributed by atoms with Crippen LogP contribution in [0.3, 0.4) is 0 Å². The lowest BCUT2D eigenvalue weighted by molar-refractivity contribution is 0.158. The smallest absolute Gasteiger partial charge is 0.0224 e. The van der Waals surface area contributed by atoms with Gasteiger partial charge in [-0.25, -0.2) is 0 Å². The maximum Gasteiger partial charge on any atom is 0.0224 e. The molecule has 94 valence electrons. The van der Waals surface area contributed by atoms with Gasteiger partial charge in [0.25, 0.3) is 0 Å². The van der Waals surface area contributed by atoms with Crippen molar-refractivity contribution in [2.75, 3.05) is 26.2 Å². The molecule has 0 aromatic heterocycles. The minimum absolute atomic E-state index is 0.701. The van der Waals surface area contributed by atoms with Crippen molar-refractivity contribution in [1.82, 2.24) is 10.2 Å². The molecule has 1 rings (SSSR count). The Morgan fingerprint density at radius 3 is 3.00 bits per heavy atom. The van der Waals surface area contributed by atoms with E-state index in [9.17, 15) is 0 Å². The fourth-order valence-corrected chi connectivity index (χ4v) is 2.37. The van der Waals surface area contributed by atoms with Gasteiger partial charge in [0.2, 0.25) is 0 Å². The summed E-state index contributed by atoms with van der Waals surface area (Å²) in [4.78, 5) is 2.57. The third kappa shape index (κ3) is 4.86. The molecule has 0 aliphatic carbocycles. The number of likely N-dealkylation sites (tertiary alicyclic amines) is 1. The van der Waals surface area contributed by atoms with E-state index in [0.29, 0.717) is 6.04 Å². The Morgan fingerprint density at radius 2 is 2.31 bits per heavy atom. The molecule has 1 unspecified atom stereocenters. The van der Waals surface area contributed by atoms with Crippen molar-refractivity contribution in [3.8, 4) is 0 Å². The van der Waals surface area contributed by atoms with Crippen LogP contribution < -0.4 is 5.32 Å². The van der Waals surface area contributed by atoms with Crippen LogP contribution in [0.4, 0.5) is 0 Å². The fourth-order valence-electron chi connectivity index (χ4n) is 2.30. The van der Waals surface area contributed by atoms with Crippen LogP contribution in [0.25, 0.3) is 0 Å². The van der Waals surface area contributed by atoms with Crippen LogP contribution in [0.1, 0.15) is 39.5 Å². The molecule has 1 fully saturated rings. The predicted octanol–water partition coefficient (Wildman–Crippen LogP) is 2.98. The van der Waals surface area contributed by atoms with Gasteiger partial charge in [-0.3, -0.25) is 4.90 Å². The number of piperidine rings is 1. The number of hydrogen-bond donors (Lipinski definition) is 1. The summed E-state index contributed by atoms with van der Waals surface area (Å²) >= 11 is 5.74. The fraction of sp³-hybridized carbons (Fsp3) is 0.846. The van der Waals surface area contributed by atoms with Gasteiger partial charge in [0.1, 0.15) is 0 Å². The van der Waals surface area contributed by atoms with Crippen molar-refractivity contribution >= 4 is 11.6 Å². The highest BCUT2D eigenvalue weighted by Crippen LogP contribution is 2.17. The third-order valence-corrected chi connectivity index (χ3v) is 3.57. The molecule has 0 amide bonds. The van der Waals surface area contributed by atoms with Crippen molar-refractivity contribution < 1.29 is 0 Å². The molecular weight excluding hydrogens is 220 g/mol. The molecule has 0 saturated carbocycles. The number of hydrogen-bond acceptors (Lipinski definition) is 2. The molecule has 1 aliphatic rings. The highest BCUT2D eigenvalue weighted by atomic mass is 35.5. The summed E-state index contributed by atoms with van der Waals surface area (Å²) in [5.41, 5.74) is 2.98. The van der Waals surface area contributed by atoms with Crippen molar-refractivity contribution in [3.63, 3.8) is 0 Å². The monoisotopic (exact) mass is 244 g/mol. The Kier molecular flexibility index (Phi) is 7.10. The Morgan fingerprint density at radius 1 is 1.50 bits per heavy atom. The molecule has 0 aromatic rings. The lowest BCUT2D eigenvalue weighted by Crippen LogP contribution is -2.46. The standard InChI is InChI=1S/C13H25ClN2/c1-3-7-15-10-13-6-4-5-8-16(13)11-12(2)9-14/h9,13,15H,3-8,10-11H2,1-2H3. The Bertz CT molecular complexity index is 216. The SMILES string of the molecule is CCCNCC1CCCCN1CC(C)=CCl. The normalized spacial score (nSPS) is 23.7. The highest BCUT2D eigenvalue weighted by Gasteiger charge is 2.21. The maximum absolute atomic E-state index is 5.74. The molecular formula is C13H25ClN2. The minimum atomic E-state index is 0.701. The van der Waals surface area contributed by atoms with E-state index >= 15 is 0 Å².